The molecule has 1 aliphatic rings. The Labute approximate surface area is 140 Å². The minimum Gasteiger partial charge on any atom is -0.378 e. The topological polar surface area (TPSA) is 59.4 Å². The van der Waals surface area contributed by atoms with Gasteiger partial charge in [0.25, 0.3) is 0 Å². The van der Waals surface area contributed by atoms with E-state index in [0.717, 1.165) is 11.4 Å². The summed E-state index contributed by atoms with van der Waals surface area (Å²) >= 11 is 5.97. The Morgan fingerprint density at radius 2 is 2.00 bits per heavy atom. The number of ether oxygens (including phenoxy) is 1. The van der Waals surface area contributed by atoms with Gasteiger partial charge in [-0.3, -0.25) is 0 Å². The second kappa shape index (κ2) is 7.02. The van der Waals surface area contributed by atoms with E-state index in [0.29, 0.717) is 31.3 Å². The monoisotopic (exact) mass is 334 g/mol. The number of nitrogens with one attached hydrogen (secondary N) is 1. The SMILES string of the molecule is Cn1ccnc1C(NC(=O)N1CCOCC1)c1ccc(Cl)cc1. The number of amides is 2. The number of aryl methyl sites for hydroxylation is 1. The van der Waals surface area contributed by atoms with E-state index in [1.165, 1.54) is 0 Å². The van der Waals surface area contributed by atoms with Gasteiger partial charge >= 0.3 is 6.03 Å². The van der Waals surface area contributed by atoms with Crippen molar-refractivity contribution in [3.63, 3.8) is 0 Å². The van der Waals surface area contributed by atoms with E-state index in [2.05, 4.69) is 10.3 Å². The zero-order chi connectivity index (χ0) is 16.2. The Balaban J connectivity index is 1.84. The Kier molecular flexibility index (Phi) is 4.83. The maximum absolute atomic E-state index is 12.6. The van der Waals surface area contributed by atoms with Gasteiger partial charge in [-0.05, 0) is 17.7 Å². The summed E-state index contributed by atoms with van der Waals surface area (Å²) in [6.45, 7) is 2.34. The number of carbonyl (C=O) groups excluding carboxylic acids is 1. The molecule has 122 valence electrons. The fourth-order valence-electron chi connectivity index (χ4n) is 2.59. The molecule has 1 fully saturated rings. The number of morpholine rings is 1. The van der Waals surface area contributed by atoms with Crippen LogP contribution in [-0.4, -0.2) is 46.8 Å². The molecule has 1 unspecified atom stereocenters. The number of halogens is 1. The van der Waals surface area contributed by atoms with Crippen LogP contribution in [0.15, 0.2) is 36.7 Å². The maximum Gasteiger partial charge on any atom is 0.318 e. The first kappa shape index (κ1) is 15.8. The van der Waals surface area contributed by atoms with Gasteiger partial charge in [0.05, 0.1) is 13.2 Å². The quantitative estimate of drug-likeness (QED) is 0.936. The van der Waals surface area contributed by atoms with E-state index in [1.54, 1.807) is 11.1 Å². The summed E-state index contributed by atoms with van der Waals surface area (Å²) < 4.78 is 7.19. The molecule has 1 aromatic heterocycles. The lowest BCUT2D eigenvalue weighted by Crippen LogP contribution is -2.47. The van der Waals surface area contributed by atoms with Crippen LogP contribution in [0.2, 0.25) is 5.02 Å². The van der Waals surface area contributed by atoms with E-state index in [-0.39, 0.29) is 12.1 Å². The van der Waals surface area contributed by atoms with Gasteiger partial charge in [0.15, 0.2) is 0 Å². The normalized spacial score (nSPS) is 16.2. The lowest BCUT2D eigenvalue weighted by molar-refractivity contribution is 0.0527. The molecule has 2 heterocycles. The minimum absolute atomic E-state index is 0.115. The molecule has 0 radical (unpaired) electrons. The van der Waals surface area contributed by atoms with Crippen molar-refractivity contribution in [1.29, 1.82) is 0 Å². The fraction of sp³-hybridized carbons (Fsp3) is 0.375. The Bertz CT molecular complexity index is 665. The first-order valence-electron chi connectivity index (χ1n) is 7.51. The maximum atomic E-state index is 12.6. The highest BCUT2D eigenvalue weighted by atomic mass is 35.5. The lowest BCUT2D eigenvalue weighted by atomic mass is 10.1. The van der Waals surface area contributed by atoms with Crippen molar-refractivity contribution >= 4 is 17.6 Å². The smallest absolute Gasteiger partial charge is 0.318 e. The third-order valence-corrected chi connectivity index (χ3v) is 4.14. The van der Waals surface area contributed by atoms with Crippen molar-refractivity contribution in [3.8, 4) is 0 Å². The molecule has 0 aliphatic carbocycles. The van der Waals surface area contributed by atoms with Crippen molar-refractivity contribution in [3.05, 3.63) is 53.1 Å². The number of nitrogens with zero attached hydrogens (tertiary/aromatic N) is 3. The van der Waals surface area contributed by atoms with Crippen LogP contribution in [0.5, 0.6) is 0 Å². The summed E-state index contributed by atoms with van der Waals surface area (Å²) in [4.78, 5) is 18.7. The molecule has 1 aliphatic heterocycles. The summed E-state index contributed by atoms with van der Waals surface area (Å²) in [5.74, 6) is 0.772. The summed E-state index contributed by atoms with van der Waals surface area (Å²) in [7, 11) is 1.91. The highest BCUT2D eigenvalue weighted by molar-refractivity contribution is 6.30. The Morgan fingerprint density at radius 3 is 2.61 bits per heavy atom. The van der Waals surface area contributed by atoms with Gasteiger partial charge in [0.1, 0.15) is 11.9 Å². The number of urea groups is 1. The summed E-state index contributed by atoms with van der Waals surface area (Å²) in [6, 6.07) is 6.99. The van der Waals surface area contributed by atoms with Gasteiger partial charge in [0, 0.05) is 37.6 Å². The summed E-state index contributed by atoms with van der Waals surface area (Å²) in [5, 5.41) is 3.73. The van der Waals surface area contributed by atoms with Crippen molar-refractivity contribution in [2.45, 2.75) is 6.04 Å². The molecule has 23 heavy (non-hydrogen) atoms. The van der Waals surface area contributed by atoms with Crippen molar-refractivity contribution < 1.29 is 9.53 Å². The van der Waals surface area contributed by atoms with Gasteiger partial charge in [-0.1, -0.05) is 23.7 Å². The third kappa shape index (κ3) is 3.65. The summed E-state index contributed by atoms with van der Waals surface area (Å²) in [6.07, 6.45) is 3.58. The first-order valence-corrected chi connectivity index (χ1v) is 7.89. The van der Waals surface area contributed by atoms with E-state index < -0.39 is 0 Å². The molecule has 2 aromatic rings. The van der Waals surface area contributed by atoms with E-state index in [9.17, 15) is 4.79 Å². The highest BCUT2D eigenvalue weighted by Gasteiger charge is 2.24. The van der Waals surface area contributed by atoms with Gasteiger partial charge in [0.2, 0.25) is 0 Å². The lowest BCUT2D eigenvalue weighted by Gasteiger charge is -2.29. The van der Waals surface area contributed by atoms with Gasteiger partial charge in [-0.25, -0.2) is 9.78 Å². The molecule has 0 saturated carbocycles. The van der Waals surface area contributed by atoms with Crippen LogP contribution in [0.3, 0.4) is 0 Å². The number of hydrogen-bond donors (Lipinski definition) is 1. The molecular formula is C16H19ClN4O2. The van der Waals surface area contributed by atoms with Crippen molar-refractivity contribution in [2.75, 3.05) is 26.3 Å². The van der Waals surface area contributed by atoms with Crippen LogP contribution < -0.4 is 5.32 Å². The second-order valence-electron chi connectivity index (χ2n) is 5.43. The van der Waals surface area contributed by atoms with Crippen molar-refractivity contribution in [2.24, 2.45) is 7.05 Å². The average molecular weight is 335 g/mol. The predicted molar refractivity (Wildman–Crippen MR) is 87.4 cm³/mol. The van der Waals surface area contributed by atoms with Crippen LogP contribution in [0.4, 0.5) is 4.79 Å². The molecule has 6 nitrogen and oxygen atoms in total. The van der Waals surface area contributed by atoms with Crippen LogP contribution >= 0.6 is 11.6 Å². The molecule has 1 atom stereocenters. The van der Waals surface area contributed by atoms with Crippen LogP contribution in [0.1, 0.15) is 17.4 Å². The molecule has 0 spiro atoms. The number of aromatic nitrogens is 2. The van der Waals surface area contributed by atoms with Crippen molar-refractivity contribution in [1.82, 2.24) is 19.8 Å². The highest BCUT2D eigenvalue weighted by Crippen LogP contribution is 2.22. The molecule has 1 N–H and O–H groups in total. The Morgan fingerprint density at radius 1 is 1.30 bits per heavy atom. The molecular weight excluding hydrogens is 316 g/mol. The van der Waals surface area contributed by atoms with Crippen LogP contribution in [-0.2, 0) is 11.8 Å². The average Bonchev–Trinajstić information content (AvgIpc) is 3.00. The predicted octanol–water partition coefficient (Wildman–Crippen LogP) is 2.20. The number of hydrogen-bond acceptors (Lipinski definition) is 3. The third-order valence-electron chi connectivity index (χ3n) is 3.89. The molecule has 1 saturated heterocycles. The zero-order valence-corrected chi connectivity index (χ0v) is 13.7. The fourth-order valence-corrected chi connectivity index (χ4v) is 2.71. The molecule has 3 rings (SSSR count). The number of imidazole rings is 1. The number of carbonyl (C=O) groups is 1. The van der Waals surface area contributed by atoms with Crippen LogP contribution in [0, 0.1) is 0 Å². The van der Waals surface area contributed by atoms with Gasteiger partial charge in [-0.15, -0.1) is 0 Å². The zero-order valence-electron chi connectivity index (χ0n) is 12.9. The minimum atomic E-state index is -0.331. The van der Waals surface area contributed by atoms with Gasteiger partial charge < -0.3 is 19.5 Å². The van der Waals surface area contributed by atoms with E-state index in [4.69, 9.17) is 16.3 Å². The number of benzene rings is 1. The molecule has 0 bridgehead atoms. The first-order chi connectivity index (χ1) is 11.1. The summed E-state index contributed by atoms with van der Waals surface area (Å²) in [5.41, 5.74) is 0.935. The standard InChI is InChI=1S/C16H19ClN4O2/c1-20-7-6-18-15(20)14(12-2-4-13(17)5-3-12)19-16(22)21-8-10-23-11-9-21/h2-7,14H,8-11H2,1H3,(H,19,22). The second-order valence-corrected chi connectivity index (χ2v) is 5.87. The van der Waals surface area contributed by atoms with E-state index in [1.807, 2.05) is 42.1 Å². The number of rotatable bonds is 3. The van der Waals surface area contributed by atoms with E-state index >= 15 is 0 Å². The molecule has 2 amide bonds. The van der Waals surface area contributed by atoms with Crippen LogP contribution in [0.25, 0.3) is 0 Å². The molecule has 7 heteroatoms. The Hall–Kier alpha value is -2.05. The van der Waals surface area contributed by atoms with Gasteiger partial charge in [-0.2, -0.15) is 0 Å². The molecule has 1 aromatic carbocycles. The largest absolute Gasteiger partial charge is 0.378 e.